The summed E-state index contributed by atoms with van der Waals surface area (Å²) in [6, 6.07) is 12.2. The number of ether oxygens (including phenoxy) is 2. The van der Waals surface area contributed by atoms with Gasteiger partial charge in [0, 0.05) is 17.8 Å². The predicted molar refractivity (Wildman–Crippen MR) is 166 cm³/mol. The molecule has 1 saturated heterocycles. The predicted octanol–water partition coefficient (Wildman–Crippen LogP) is 5.51. The Hall–Kier alpha value is -3.57. The molecule has 0 bridgehead atoms. The molecule has 1 saturated carbocycles. The highest BCUT2D eigenvalue weighted by atomic mass is 31.2. The summed E-state index contributed by atoms with van der Waals surface area (Å²) >= 11 is 0. The molecule has 6 rings (SSSR count). The van der Waals surface area contributed by atoms with Crippen LogP contribution in [0.2, 0.25) is 0 Å². The monoisotopic (exact) mass is 622 g/mol. The van der Waals surface area contributed by atoms with Gasteiger partial charge in [-0.05, 0) is 30.2 Å². The molecule has 0 amide bonds. The smallest absolute Gasteiger partial charge is 0.459 e. The molecule has 13 heteroatoms. The van der Waals surface area contributed by atoms with Gasteiger partial charge in [-0.15, -0.1) is 0 Å². The van der Waals surface area contributed by atoms with E-state index in [4.69, 9.17) is 18.5 Å². The lowest BCUT2D eigenvalue weighted by atomic mass is 9.99. The summed E-state index contributed by atoms with van der Waals surface area (Å²) in [5, 5.41) is 7.56. The van der Waals surface area contributed by atoms with Gasteiger partial charge in [0.05, 0.1) is 37.8 Å². The van der Waals surface area contributed by atoms with E-state index in [9.17, 15) is 9.36 Å². The first-order valence-corrected chi connectivity index (χ1v) is 16.3. The van der Waals surface area contributed by atoms with Crippen LogP contribution in [0.5, 0.6) is 5.75 Å². The normalized spacial score (nSPS) is 24.9. The van der Waals surface area contributed by atoms with Gasteiger partial charge in [0.1, 0.15) is 23.6 Å². The first-order valence-electron chi connectivity index (χ1n) is 14.8. The molecule has 44 heavy (non-hydrogen) atoms. The van der Waals surface area contributed by atoms with Crippen molar-refractivity contribution in [3.05, 3.63) is 55.1 Å². The van der Waals surface area contributed by atoms with Gasteiger partial charge in [-0.25, -0.2) is 19.5 Å². The molecule has 2 fully saturated rings. The summed E-state index contributed by atoms with van der Waals surface area (Å²) in [5.41, 5.74) is 1.06. The third-order valence-corrected chi connectivity index (χ3v) is 9.79. The molecule has 1 unspecified atom stereocenters. The number of carbonyl (C=O) groups is 1. The molecule has 2 aromatic heterocycles. The fourth-order valence-corrected chi connectivity index (χ4v) is 7.43. The van der Waals surface area contributed by atoms with E-state index in [1.807, 2.05) is 61.7 Å². The standard InChI is InChI=1S/C31H39N6O6P/c1-19(29(38)40-16-30(2,3)4)36-44(39,43-23-13-9-11-20-10-7-8-12-22(20)23)41-15-21-14-31(5)25(26(31)42-21)37-18-35-24-27(32-6)33-17-34-28(24)37/h7-13,17-19,21,25-26H,14-16H2,1-6H3,(H,36,39)(H,32,33,34)/t19-,21-,25?,26-,31-,44-/m0/s1. The van der Waals surface area contributed by atoms with Crippen LogP contribution in [0.4, 0.5) is 5.82 Å². The second kappa shape index (κ2) is 11.4. The zero-order valence-corrected chi connectivity index (χ0v) is 26.7. The summed E-state index contributed by atoms with van der Waals surface area (Å²) in [5.74, 6) is 0.506. The Morgan fingerprint density at radius 1 is 1.18 bits per heavy atom. The van der Waals surface area contributed by atoms with Gasteiger partial charge in [0.2, 0.25) is 0 Å². The van der Waals surface area contributed by atoms with E-state index in [2.05, 4.69) is 32.3 Å². The minimum absolute atomic E-state index is 0.00830. The number of carbonyl (C=O) groups excluding carboxylic acids is 1. The van der Waals surface area contributed by atoms with Crippen LogP contribution < -0.4 is 14.9 Å². The number of aromatic nitrogens is 4. The molecule has 6 atom stereocenters. The number of hydrogen-bond acceptors (Lipinski definition) is 10. The number of rotatable bonds is 11. The maximum absolute atomic E-state index is 14.3. The minimum atomic E-state index is -4.07. The highest BCUT2D eigenvalue weighted by molar-refractivity contribution is 7.52. The van der Waals surface area contributed by atoms with Crippen LogP contribution >= 0.6 is 7.75 Å². The molecule has 2 aliphatic rings. The van der Waals surface area contributed by atoms with E-state index in [1.54, 1.807) is 26.4 Å². The van der Waals surface area contributed by atoms with Crippen molar-refractivity contribution in [2.75, 3.05) is 25.6 Å². The number of hydrogen-bond donors (Lipinski definition) is 2. The van der Waals surface area contributed by atoms with Gasteiger partial charge in [0.15, 0.2) is 11.5 Å². The molecule has 2 aromatic carbocycles. The first kappa shape index (κ1) is 30.5. The number of nitrogens with zero attached hydrogens (tertiary/aromatic N) is 4. The zero-order chi connectivity index (χ0) is 31.3. The van der Waals surface area contributed by atoms with Crippen LogP contribution in [0.1, 0.15) is 47.1 Å². The topological polar surface area (TPSA) is 139 Å². The van der Waals surface area contributed by atoms with Crippen molar-refractivity contribution in [1.82, 2.24) is 24.6 Å². The van der Waals surface area contributed by atoms with Crippen molar-refractivity contribution in [3.63, 3.8) is 0 Å². The Labute approximate surface area is 256 Å². The van der Waals surface area contributed by atoms with E-state index in [1.165, 1.54) is 6.33 Å². The maximum Gasteiger partial charge on any atom is 0.459 e. The van der Waals surface area contributed by atoms with Gasteiger partial charge in [-0.3, -0.25) is 9.32 Å². The highest BCUT2D eigenvalue weighted by Crippen LogP contribution is 2.66. The summed E-state index contributed by atoms with van der Waals surface area (Å²) in [6.45, 7) is 9.87. The summed E-state index contributed by atoms with van der Waals surface area (Å²) < 4.78 is 40.3. The largest absolute Gasteiger partial charge is 0.464 e. The zero-order valence-electron chi connectivity index (χ0n) is 25.8. The molecule has 4 aromatic rings. The van der Waals surface area contributed by atoms with E-state index < -0.39 is 19.8 Å². The average Bonchev–Trinajstić information content (AvgIpc) is 3.27. The van der Waals surface area contributed by atoms with Crippen molar-refractivity contribution in [2.45, 2.75) is 65.3 Å². The summed E-state index contributed by atoms with van der Waals surface area (Å²) in [7, 11) is -2.27. The van der Waals surface area contributed by atoms with Crippen molar-refractivity contribution < 1.29 is 27.9 Å². The molecule has 12 nitrogen and oxygen atoms in total. The second-order valence-corrected chi connectivity index (χ2v) is 14.7. The molecule has 234 valence electrons. The second-order valence-electron chi connectivity index (χ2n) is 13.0. The van der Waals surface area contributed by atoms with Crippen LogP contribution in [0.25, 0.3) is 21.9 Å². The number of nitrogens with one attached hydrogen (secondary N) is 2. The Bertz CT molecular complexity index is 1730. The van der Waals surface area contributed by atoms with Gasteiger partial charge < -0.3 is 23.9 Å². The van der Waals surface area contributed by atoms with Crippen LogP contribution in [-0.2, 0) is 23.4 Å². The molecular weight excluding hydrogens is 583 g/mol. The van der Waals surface area contributed by atoms with E-state index in [0.29, 0.717) is 23.5 Å². The molecule has 0 radical (unpaired) electrons. The molecule has 1 aliphatic heterocycles. The van der Waals surface area contributed by atoms with Gasteiger partial charge in [0.25, 0.3) is 0 Å². The quantitative estimate of drug-likeness (QED) is 0.162. The molecular formula is C31H39N6O6P. The molecule has 3 heterocycles. The summed E-state index contributed by atoms with van der Waals surface area (Å²) in [4.78, 5) is 26.0. The Kier molecular flexibility index (Phi) is 7.90. The van der Waals surface area contributed by atoms with Crippen LogP contribution in [0, 0.1) is 10.8 Å². The first-order chi connectivity index (χ1) is 20.9. The molecule has 2 N–H and O–H groups in total. The molecule has 1 aliphatic carbocycles. The van der Waals surface area contributed by atoms with Gasteiger partial charge in [-0.2, -0.15) is 5.09 Å². The maximum atomic E-state index is 14.3. The number of benzene rings is 2. The van der Waals surface area contributed by atoms with Crippen molar-refractivity contribution in [1.29, 1.82) is 0 Å². The number of fused-ring (bicyclic) bond motifs is 3. The Morgan fingerprint density at radius 2 is 1.95 bits per heavy atom. The van der Waals surface area contributed by atoms with Crippen molar-refractivity contribution >= 4 is 41.5 Å². The Balaban J connectivity index is 1.16. The fourth-order valence-electron chi connectivity index (χ4n) is 5.89. The van der Waals surface area contributed by atoms with E-state index in [-0.39, 0.29) is 42.3 Å². The lowest BCUT2D eigenvalue weighted by molar-refractivity contribution is -0.148. The number of anilines is 1. The minimum Gasteiger partial charge on any atom is -0.464 e. The fraction of sp³-hybridized carbons (Fsp3) is 0.484. The average molecular weight is 623 g/mol. The molecule has 0 spiro atoms. The highest BCUT2D eigenvalue weighted by Gasteiger charge is 2.69. The van der Waals surface area contributed by atoms with Crippen molar-refractivity contribution in [3.8, 4) is 5.75 Å². The van der Waals surface area contributed by atoms with Crippen LogP contribution in [-0.4, -0.2) is 64.0 Å². The SMILES string of the molecule is CNc1ncnc2c1ncn2C1[C@@H]2O[C@H](CO[P@@](=O)(N[C@@H](C)C(=O)OCC(C)(C)C)Oc3cccc4ccccc34)C[C@@]12C. The van der Waals surface area contributed by atoms with E-state index >= 15 is 0 Å². The third kappa shape index (κ3) is 5.91. The summed E-state index contributed by atoms with van der Waals surface area (Å²) in [6.07, 6.45) is 3.56. The lowest BCUT2D eigenvalue weighted by Gasteiger charge is -2.26. The van der Waals surface area contributed by atoms with Gasteiger partial charge in [-0.1, -0.05) is 64.1 Å². The van der Waals surface area contributed by atoms with E-state index in [0.717, 1.165) is 16.4 Å². The van der Waals surface area contributed by atoms with Crippen molar-refractivity contribution in [2.24, 2.45) is 10.8 Å². The Morgan fingerprint density at radius 3 is 2.68 bits per heavy atom. The number of imidazole rings is 1. The third-order valence-electron chi connectivity index (χ3n) is 8.16. The van der Waals surface area contributed by atoms with Gasteiger partial charge >= 0.3 is 13.7 Å². The van der Waals surface area contributed by atoms with Crippen LogP contribution in [0.3, 0.4) is 0 Å². The number of esters is 1. The van der Waals surface area contributed by atoms with Crippen LogP contribution in [0.15, 0.2) is 55.1 Å². The lowest BCUT2D eigenvalue weighted by Crippen LogP contribution is -2.37.